The number of hydrogen-bond acceptors (Lipinski definition) is 9. The summed E-state index contributed by atoms with van der Waals surface area (Å²) in [5.41, 5.74) is 1.02. The number of esters is 1. The van der Waals surface area contributed by atoms with Crippen molar-refractivity contribution in [2.75, 3.05) is 0 Å². The van der Waals surface area contributed by atoms with Crippen molar-refractivity contribution in [3.05, 3.63) is 74.3 Å². The van der Waals surface area contributed by atoms with Gasteiger partial charge in [-0.3, -0.25) is 18.7 Å². The highest BCUT2D eigenvalue weighted by molar-refractivity contribution is 5.94. The van der Waals surface area contributed by atoms with Gasteiger partial charge in [-0.15, -0.1) is 0 Å². The van der Waals surface area contributed by atoms with Crippen LogP contribution in [-0.2, 0) is 18.9 Å². The number of fused-ring (bicyclic) bond motifs is 4. The van der Waals surface area contributed by atoms with Crippen LogP contribution < -0.4 is 15.9 Å². The lowest BCUT2D eigenvalue weighted by molar-refractivity contribution is -0.135. The van der Waals surface area contributed by atoms with Crippen molar-refractivity contribution in [1.82, 2.24) is 9.13 Å². The molecule has 0 bridgehead atoms. The first-order valence-corrected chi connectivity index (χ1v) is 11.5. The van der Waals surface area contributed by atoms with Crippen molar-refractivity contribution >= 4 is 28.0 Å². The molecule has 0 amide bonds. The number of nitrogens with zero attached hydrogens (tertiary/aromatic N) is 2. The molecule has 3 heterocycles. The summed E-state index contributed by atoms with van der Waals surface area (Å²) >= 11 is 0. The average molecular weight is 516 g/mol. The zero-order valence-corrected chi connectivity index (χ0v) is 20.1. The van der Waals surface area contributed by atoms with E-state index in [9.17, 15) is 34.8 Å². The van der Waals surface area contributed by atoms with Gasteiger partial charge in [-0.25, -0.2) is 4.79 Å². The van der Waals surface area contributed by atoms with Crippen LogP contribution in [0.1, 0.15) is 23.5 Å². The summed E-state index contributed by atoms with van der Waals surface area (Å²) in [6.45, 7) is 0. The van der Waals surface area contributed by atoms with Gasteiger partial charge in [0.25, 0.3) is 0 Å². The van der Waals surface area contributed by atoms with E-state index < -0.39 is 40.3 Å². The maximum Gasteiger partial charge on any atom is 0.328 e. The van der Waals surface area contributed by atoms with Gasteiger partial charge < -0.3 is 29.6 Å². The Kier molecular flexibility index (Phi) is 4.83. The number of aromatic hydroxyl groups is 4. The van der Waals surface area contributed by atoms with E-state index in [1.807, 2.05) is 0 Å². The number of hydrogen-bond donors (Lipinski definition) is 4. The first-order valence-electron chi connectivity index (χ1n) is 11.5. The second-order valence-electron chi connectivity index (χ2n) is 9.20. The average Bonchev–Trinajstić information content (AvgIpc) is 3.10. The molecular formula is C27H20N2O9. The van der Waals surface area contributed by atoms with E-state index in [1.54, 1.807) is 32.3 Å². The van der Waals surface area contributed by atoms with Gasteiger partial charge in [0.2, 0.25) is 11.2 Å². The molecule has 1 atom stereocenters. The molecule has 1 unspecified atom stereocenters. The predicted molar refractivity (Wildman–Crippen MR) is 135 cm³/mol. The largest absolute Gasteiger partial charge is 0.507 e. The molecule has 5 aromatic rings. The molecule has 1 aliphatic rings. The molecule has 0 fully saturated rings. The Bertz CT molecular complexity index is 1960. The predicted octanol–water partition coefficient (Wildman–Crippen LogP) is 2.91. The summed E-state index contributed by atoms with van der Waals surface area (Å²) in [6.07, 6.45) is -0.126. The smallest absolute Gasteiger partial charge is 0.328 e. The minimum absolute atomic E-state index is 0.0216. The topological polar surface area (TPSA) is 164 Å². The normalized spacial score (nSPS) is 15.1. The zero-order chi connectivity index (χ0) is 27.0. The summed E-state index contributed by atoms with van der Waals surface area (Å²) in [6, 6.07) is 9.99. The molecule has 3 aromatic carbocycles. The third-order valence-corrected chi connectivity index (χ3v) is 7.00. The van der Waals surface area contributed by atoms with Crippen molar-refractivity contribution in [3.63, 3.8) is 0 Å². The number of aromatic nitrogens is 2. The first-order chi connectivity index (χ1) is 18.1. The highest BCUT2D eigenvalue weighted by atomic mass is 16.5. The number of rotatable bonds is 2. The molecule has 11 nitrogen and oxygen atoms in total. The highest BCUT2D eigenvalue weighted by Gasteiger charge is 2.35. The van der Waals surface area contributed by atoms with E-state index in [0.29, 0.717) is 22.2 Å². The van der Waals surface area contributed by atoms with Crippen molar-refractivity contribution < 1.29 is 34.4 Å². The molecule has 1 aliphatic heterocycles. The minimum atomic E-state index is -0.939. The Morgan fingerprint density at radius 2 is 1.58 bits per heavy atom. The van der Waals surface area contributed by atoms with E-state index in [1.165, 1.54) is 15.2 Å². The number of phenolic OH excluding ortho intramolecular Hbond substituents is 3. The molecule has 0 aliphatic carbocycles. The Morgan fingerprint density at radius 1 is 0.842 bits per heavy atom. The zero-order valence-electron chi connectivity index (χ0n) is 20.1. The summed E-state index contributed by atoms with van der Waals surface area (Å²) in [4.78, 5) is 38.2. The maximum atomic E-state index is 13.2. The van der Waals surface area contributed by atoms with Crippen LogP contribution in [0, 0.1) is 0 Å². The van der Waals surface area contributed by atoms with Crippen LogP contribution >= 0.6 is 0 Å². The Hall–Kier alpha value is -5.19. The summed E-state index contributed by atoms with van der Waals surface area (Å²) in [7, 11) is 3.28. The van der Waals surface area contributed by atoms with Crippen LogP contribution in [0.2, 0.25) is 0 Å². The number of carbonyl (C=O) groups is 1. The van der Waals surface area contributed by atoms with Crippen LogP contribution in [0.25, 0.3) is 33.3 Å². The third kappa shape index (κ3) is 3.18. The molecule has 38 heavy (non-hydrogen) atoms. The Labute approximate surface area is 212 Å². The molecule has 0 saturated heterocycles. The number of carbonyl (C=O) groups excluding carboxylic acids is 1. The molecular weight excluding hydrogens is 496 g/mol. The minimum Gasteiger partial charge on any atom is -0.507 e. The standard InChI is InChI=1S/C27H20N2O9/c1-28-14-5-3-11(7-15(14)29(2)27(28)36)13-9-20(33)37-19-10-18(32)22-23(34)24(35)25(38-26(22)21(13)19)12-4-6-16(30)17(31)8-12/h3-8,10,13,30-32,35H,9H2,1-2H3. The van der Waals surface area contributed by atoms with Crippen LogP contribution in [0.4, 0.5) is 0 Å². The molecule has 6 rings (SSSR count). The first kappa shape index (κ1) is 23.2. The van der Waals surface area contributed by atoms with Gasteiger partial charge in [-0.2, -0.15) is 0 Å². The van der Waals surface area contributed by atoms with Crippen LogP contribution in [0.3, 0.4) is 0 Å². The molecule has 11 heteroatoms. The van der Waals surface area contributed by atoms with E-state index in [2.05, 4.69) is 0 Å². The van der Waals surface area contributed by atoms with Gasteiger partial charge >= 0.3 is 11.7 Å². The maximum absolute atomic E-state index is 13.2. The van der Waals surface area contributed by atoms with E-state index in [4.69, 9.17) is 9.15 Å². The molecule has 0 saturated carbocycles. The summed E-state index contributed by atoms with van der Waals surface area (Å²) in [5, 5.41) is 40.6. The van der Waals surface area contributed by atoms with Gasteiger partial charge in [-0.1, -0.05) is 6.07 Å². The number of ether oxygens (including phenoxy) is 1. The quantitative estimate of drug-likeness (QED) is 0.157. The Morgan fingerprint density at radius 3 is 2.32 bits per heavy atom. The fourth-order valence-corrected chi connectivity index (χ4v) is 5.07. The van der Waals surface area contributed by atoms with Crippen LogP contribution in [0.5, 0.6) is 28.7 Å². The number of phenols is 3. The van der Waals surface area contributed by atoms with Crippen molar-refractivity contribution in [3.8, 4) is 40.1 Å². The molecule has 2 aromatic heterocycles. The lowest BCUT2D eigenvalue weighted by atomic mass is 9.85. The van der Waals surface area contributed by atoms with Crippen molar-refractivity contribution in [2.45, 2.75) is 12.3 Å². The third-order valence-electron chi connectivity index (χ3n) is 7.00. The summed E-state index contributed by atoms with van der Waals surface area (Å²) in [5.74, 6) is -3.90. The highest BCUT2D eigenvalue weighted by Crippen LogP contribution is 2.47. The molecule has 0 spiro atoms. The fourth-order valence-electron chi connectivity index (χ4n) is 5.07. The number of imidazole rings is 1. The van der Waals surface area contributed by atoms with Gasteiger partial charge in [0.05, 0.1) is 17.5 Å². The molecule has 4 N–H and O–H groups in total. The monoisotopic (exact) mass is 516 g/mol. The van der Waals surface area contributed by atoms with E-state index in [-0.39, 0.29) is 40.2 Å². The second kappa shape index (κ2) is 7.90. The summed E-state index contributed by atoms with van der Waals surface area (Å²) < 4.78 is 14.4. The van der Waals surface area contributed by atoms with Crippen LogP contribution in [-0.4, -0.2) is 35.5 Å². The lowest BCUT2D eigenvalue weighted by Gasteiger charge is -2.26. The lowest BCUT2D eigenvalue weighted by Crippen LogP contribution is -2.22. The van der Waals surface area contributed by atoms with Crippen molar-refractivity contribution in [1.29, 1.82) is 0 Å². The Balaban J connectivity index is 1.67. The van der Waals surface area contributed by atoms with Crippen LogP contribution in [0.15, 0.2) is 56.5 Å². The van der Waals surface area contributed by atoms with Crippen molar-refractivity contribution in [2.24, 2.45) is 14.1 Å². The van der Waals surface area contributed by atoms with Gasteiger partial charge in [0, 0.05) is 37.2 Å². The van der Waals surface area contributed by atoms with Gasteiger partial charge in [-0.05, 0) is 35.9 Å². The number of aryl methyl sites for hydroxylation is 2. The van der Waals surface area contributed by atoms with Gasteiger partial charge in [0.1, 0.15) is 22.5 Å². The molecule has 192 valence electrons. The number of benzene rings is 3. The van der Waals surface area contributed by atoms with Gasteiger partial charge in [0.15, 0.2) is 17.3 Å². The second-order valence-corrected chi connectivity index (χ2v) is 9.20. The fraction of sp³-hybridized carbons (Fsp3) is 0.148. The van der Waals surface area contributed by atoms with E-state index in [0.717, 1.165) is 18.2 Å². The van der Waals surface area contributed by atoms with E-state index >= 15 is 0 Å². The molecule has 0 radical (unpaired) electrons. The SMILES string of the molecule is Cn1c(=O)n(C)c2cc(C3CC(=O)Oc4cc(O)c5c(=O)c(O)c(-c6ccc(O)c(O)c6)oc5c43)ccc21.